The van der Waals surface area contributed by atoms with Crippen LogP contribution in [0, 0.1) is 11.2 Å². The van der Waals surface area contributed by atoms with E-state index in [9.17, 15) is 9.18 Å². The summed E-state index contributed by atoms with van der Waals surface area (Å²) < 4.78 is 14.0. The van der Waals surface area contributed by atoms with Crippen molar-refractivity contribution in [2.45, 2.75) is 26.2 Å². The topological polar surface area (TPSA) is 29.1 Å². The maximum absolute atomic E-state index is 13.5. The van der Waals surface area contributed by atoms with Gasteiger partial charge in [-0.1, -0.05) is 13.0 Å². The number of halogens is 2. The van der Waals surface area contributed by atoms with Gasteiger partial charge in [-0.15, -0.1) is 0 Å². The lowest BCUT2D eigenvalue weighted by Crippen LogP contribution is -2.30. The van der Waals surface area contributed by atoms with Gasteiger partial charge in [0.2, 0.25) is 0 Å². The van der Waals surface area contributed by atoms with Crippen molar-refractivity contribution in [3.05, 3.63) is 34.1 Å². The summed E-state index contributed by atoms with van der Waals surface area (Å²) in [5.41, 5.74) is 0.368. The van der Waals surface area contributed by atoms with Crippen LogP contribution in [0.1, 0.15) is 36.5 Å². The van der Waals surface area contributed by atoms with Crippen LogP contribution in [0.5, 0.6) is 0 Å². The molecule has 0 atom stereocenters. The van der Waals surface area contributed by atoms with E-state index in [0.717, 1.165) is 19.3 Å². The van der Waals surface area contributed by atoms with Gasteiger partial charge in [-0.2, -0.15) is 0 Å². The second-order valence-corrected chi connectivity index (χ2v) is 5.49. The van der Waals surface area contributed by atoms with Crippen molar-refractivity contribution in [3.63, 3.8) is 0 Å². The van der Waals surface area contributed by atoms with Gasteiger partial charge in [-0.05, 0) is 52.7 Å². The summed E-state index contributed by atoms with van der Waals surface area (Å²) in [5.74, 6) is -0.826. The Morgan fingerprint density at radius 1 is 1.53 bits per heavy atom. The van der Waals surface area contributed by atoms with E-state index in [2.05, 4.69) is 28.2 Å². The molecule has 1 fully saturated rings. The predicted molar refractivity (Wildman–Crippen MR) is 68.4 cm³/mol. The van der Waals surface area contributed by atoms with Crippen LogP contribution in [-0.4, -0.2) is 12.5 Å². The lowest BCUT2D eigenvalue weighted by Gasteiger charge is -2.14. The predicted octanol–water partition coefficient (Wildman–Crippen LogP) is 3.51. The summed E-state index contributed by atoms with van der Waals surface area (Å²) in [6, 6.07) is 4.54. The molecule has 1 amide bonds. The average Bonchev–Trinajstić information content (AvgIpc) is 3.07. The van der Waals surface area contributed by atoms with Crippen LogP contribution < -0.4 is 5.32 Å². The van der Waals surface area contributed by atoms with Crippen LogP contribution in [0.3, 0.4) is 0 Å². The van der Waals surface area contributed by atoms with Crippen LogP contribution >= 0.6 is 15.9 Å². The second kappa shape index (κ2) is 4.77. The standard InChI is InChI=1S/C13H15BrFNO/c1-2-13(6-7-13)8-16-12(17)11-9(14)4-3-5-10(11)15/h3-5H,2,6-8H2,1H3,(H,16,17). The van der Waals surface area contributed by atoms with Crippen LogP contribution in [0.2, 0.25) is 0 Å². The largest absolute Gasteiger partial charge is 0.351 e. The minimum Gasteiger partial charge on any atom is -0.351 e. The number of benzene rings is 1. The molecule has 0 aliphatic heterocycles. The van der Waals surface area contributed by atoms with E-state index in [1.807, 2.05) is 0 Å². The summed E-state index contributed by atoms with van der Waals surface area (Å²) in [4.78, 5) is 11.9. The third kappa shape index (κ3) is 2.68. The first-order valence-electron chi connectivity index (χ1n) is 5.80. The SMILES string of the molecule is CCC1(CNC(=O)c2c(F)cccc2Br)CC1. The molecule has 1 aliphatic carbocycles. The number of hydrogen-bond acceptors (Lipinski definition) is 1. The average molecular weight is 300 g/mol. The van der Waals surface area contributed by atoms with Crippen molar-refractivity contribution in [1.82, 2.24) is 5.32 Å². The summed E-state index contributed by atoms with van der Waals surface area (Å²) in [6.45, 7) is 2.77. The molecule has 2 nitrogen and oxygen atoms in total. The molecule has 1 saturated carbocycles. The minimum absolute atomic E-state index is 0.0967. The van der Waals surface area contributed by atoms with Gasteiger partial charge in [0.05, 0.1) is 5.56 Å². The van der Waals surface area contributed by atoms with Crippen LogP contribution in [0.4, 0.5) is 4.39 Å². The van der Waals surface area contributed by atoms with Gasteiger partial charge in [0.25, 0.3) is 5.91 Å². The van der Waals surface area contributed by atoms with Gasteiger partial charge in [0.15, 0.2) is 0 Å². The third-order valence-electron chi connectivity index (χ3n) is 3.52. The molecule has 2 rings (SSSR count). The van der Waals surface area contributed by atoms with Crippen LogP contribution in [0.15, 0.2) is 22.7 Å². The highest BCUT2D eigenvalue weighted by molar-refractivity contribution is 9.10. The van der Waals surface area contributed by atoms with E-state index in [1.54, 1.807) is 12.1 Å². The van der Waals surface area contributed by atoms with Crippen molar-refractivity contribution in [2.24, 2.45) is 5.41 Å². The van der Waals surface area contributed by atoms with Crippen molar-refractivity contribution >= 4 is 21.8 Å². The summed E-state index contributed by atoms with van der Waals surface area (Å²) in [5, 5.41) is 2.83. The molecule has 1 aromatic rings. The quantitative estimate of drug-likeness (QED) is 0.906. The van der Waals surface area contributed by atoms with Crippen molar-refractivity contribution < 1.29 is 9.18 Å². The molecule has 1 aromatic carbocycles. The summed E-state index contributed by atoms with van der Waals surface area (Å²) >= 11 is 3.20. The summed E-state index contributed by atoms with van der Waals surface area (Å²) in [7, 11) is 0. The number of nitrogens with one attached hydrogen (secondary N) is 1. The fourth-order valence-corrected chi connectivity index (χ4v) is 2.43. The van der Waals surface area contributed by atoms with Crippen molar-refractivity contribution in [2.75, 3.05) is 6.54 Å². The molecule has 0 radical (unpaired) electrons. The molecule has 0 heterocycles. The van der Waals surface area contributed by atoms with E-state index in [4.69, 9.17) is 0 Å². The van der Waals surface area contributed by atoms with E-state index in [1.165, 1.54) is 6.07 Å². The minimum atomic E-state index is -0.488. The number of hydrogen-bond donors (Lipinski definition) is 1. The number of carbonyl (C=O) groups excluding carboxylic acids is 1. The maximum Gasteiger partial charge on any atom is 0.255 e. The highest BCUT2D eigenvalue weighted by atomic mass is 79.9. The van der Waals surface area contributed by atoms with Gasteiger partial charge < -0.3 is 5.32 Å². The molecule has 0 aromatic heterocycles. The van der Waals surface area contributed by atoms with Crippen LogP contribution in [0.25, 0.3) is 0 Å². The van der Waals surface area contributed by atoms with Gasteiger partial charge in [0.1, 0.15) is 5.82 Å². The van der Waals surface area contributed by atoms with E-state index >= 15 is 0 Å². The first-order chi connectivity index (χ1) is 8.08. The highest BCUT2D eigenvalue weighted by Crippen LogP contribution is 2.47. The number of rotatable bonds is 4. The Balaban J connectivity index is 2.05. The fourth-order valence-electron chi connectivity index (χ4n) is 1.90. The molecule has 0 unspecified atom stereocenters. The van der Waals surface area contributed by atoms with E-state index < -0.39 is 5.82 Å². The molecular weight excluding hydrogens is 285 g/mol. The normalized spacial score (nSPS) is 16.6. The molecule has 0 spiro atoms. The first-order valence-corrected chi connectivity index (χ1v) is 6.59. The number of carbonyl (C=O) groups is 1. The Morgan fingerprint density at radius 2 is 2.24 bits per heavy atom. The molecule has 1 aliphatic rings. The Hall–Kier alpha value is -0.900. The summed E-state index contributed by atoms with van der Waals surface area (Å²) in [6.07, 6.45) is 3.37. The van der Waals surface area contributed by atoms with Crippen LogP contribution in [-0.2, 0) is 0 Å². The Labute approximate surface area is 109 Å². The molecule has 0 saturated heterocycles. The number of amides is 1. The molecule has 17 heavy (non-hydrogen) atoms. The van der Waals surface area contributed by atoms with Gasteiger partial charge in [0, 0.05) is 11.0 Å². The van der Waals surface area contributed by atoms with Gasteiger partial charge in [-0.3, -0.25) is 4.79 Å². The zero-order valence-electron chi connectivity index (χ0n) is 9.72. The zero-order chi connectivity index (χ0) is 12.5. The smallest absolute Gasteiger partial charge is 0.255 e. The molecule has 92 valence electrons. The maximum atomic E-state index is 13.5. The second-order valence-electron chi connectivity index (χ2n) is 4.63. The lowest BCUT2D eigenvalue weighted by atomic mass is 10.0. The molecule has 0 bridgehead atoms. The molecule has 4 heteroatoms. The van der Waals surface area contributed by atoms with E-state index in [-0.39, 0.29) is 16.9 Å². The van der Waals surface area contributed by atoms with Gasteiger partial charge in [-0.25, -0.2) is 4.39 Å². The Bertz CT molecular complexity index is 423. The Morgan fingerprint density at radius 3 is 2.76 bits per heavy atom. The highest BCUT2D eigenvalue weighted by Gasteiger charge is 2.40. The molecular formula is C13H15BrFNO. The third-order valence-corrected chi connectivity index (χ3v) is 4.18. The Kier molecular flexibility index (Phi) is 3.52. The zero-order valence-corrected chi connectivity index (χ0v) is 11.3. The van der Waals surface area contributed by atoms with Crippen molar-refractivity contribution in [1.29, 1.82) is 0 Å². The lowest BCUT2D eigenvalue weighted by molar-refractivity contribution is 0.0939. The molecule has 1 N–H and O–H groups in total. The monoisotopic (exact) mass is 299 g/mol. The fraction of sp³-hybridized carbons (Fsp3) is 0.462. The van der Waals surface area contributed by atoms with Gasteiger partial charge >= 0.3 is 0 Å². The first kappa shape index (κ1) is 12.6. The van der Waals surface area contributed by atoms with Crippen molar-refractivity contribution in [3.8, 4) is 0 Å². The van der Waals surface area contributed by atoms with E-state index in [0.29, 0.717) is 11.0 Å².